The number of carbonyl (C=O) groups is 2. The first-order chi connectivity index (χ1) is 19.9. The summed E-state index contributed by atoms with van der Waals surface area (Å²) in [6.07, 6.45) is 4.61. The van der Waals surface area contributed by atoms with Crippen LogP contribution in [0.2, 0.25) is 0 Å². The van der Waals surface area contributed by atoms with Crippen LogP contribution in [0.15, 0.2) is 53.0 Å². The maximum absolute atomic E-state index is 13.2. The van der Waals surface area contributed by atoms with Crippen LogP contribution in [0.25, 0.3) is 16.2 Å². The fourth-order valence-corrected chi connectivity index (χ4v) is 5.53. The molecule has 6 N–H and O–H groups in total. The van der Waals surface area contributed by atoms with E-state index < -0.39 is 16.2 Å². The van der Waals surface area contributed by atoms with Crippen molar-refractivity contribution in [3.8, 4) is 11.4 Å². The molecule has 0 radical (unpaired) electrons. The number of nitrogens with one attached hydrogen (secondary N) is 2. The number of benzene rings is 1. The number of hydrogen-bond donors (Lipinski definition) is 4. The molecule has 0 unspecified atom stereocenters. The fourth-order valence-electron chi connectivity index (χ4n) is 4.26. The summed E-state index contributed by atoms with van der Waals surface area (Å²) in [5.41, 5.74) is 2.05. The van der Waals surface area contributed by atoms with Crippen LogP contribution in [0.5, 0.6) is 0 Å². The number of rotatable bonds is 7. The average molecular weight is 634 g/mol. The number of carbonyl (C=O) groups excluding carboxylic acids is 1. The summed E-state index contributed by atoms with van der Waals surface area (Å²) < 4.78 is 31.3. The molecule has 3 aromatic heterocycles. The number of anilines is 1. The summed E-state index contributed by atoms with van der Waals surface area (Å²) in [5.74, 6) is 0.872. The van der Waals surface area contributed by atoms with Gasteiger partial charge in [-0.3, -0.25) is 9.35 Å². The van der Waals surface area contributed by atoms with E-state index in [9.17, 15) is 18.0 Å². The van der Waals surface area contributed by atoms with E-state index in [1.807, 2.05) is 18.5 Å². The highest BCUT2D eigenvalue weighted by Crippen LogP contribution is 2.27. The molecule has 232 valence electrons. The molecule has 1 aliphatic heterocycles. The lowest BCUT2D eigenvalue weighted by atomic mass is 10.0. The highest BCUT2D eigenvalue weighted by Gasteiger charge is 2.26. The minimum atomic E-state index is -4.02. The van der Waals surface area contributed by atoms with Gasteiger partial charge in [0, 0.05) is 42.8 Å². The highest BCUT2D eigenvalue weighted by molar-refractivity contribution is 7.85. The van der Waals surface area contributed by atoms with Crippen LogP contribution in [0.4, 0.5) is 10.6 Å². The van der Waals surface area contributed by atoms with E-state index in [1.165, 1.54) is 23.5 Å². The lowest BCUT2D eigenvalue weighted by Gasteiger charge is -2.31. The largest absolute Gasteiger partial charge is 0.465 e. The standard InChI is InChI=1S/C20H25N7O3S.C7H8O3S.H2O/c1-3-12(2)22-16-10-15(18(28)26-6-4-13(5-7-26)23-20(29)30)24-17(25-16)14-11-21-27-8-9-31-19(14)27;1-6-2-4-7(5-3-6)11(8,9)10;/h8-13,23H,3-7H2,1-2H3,(H,29,30)(H,22,24,25);2-5H,1H3,(H,8,9,10);1H2/t12-;;/m1../s1. The average Bonchev–Trinajstić information content (AvgIpc) is 3.57. The van der Waals surface area contributed by atoms with Crippen molar-refractivity contribution in [3.05, 3.63) is 59.4 Å². The number of piperidine rings is 1. The number of carboxylic acid groups (broad SMARTS) is 1. The number of likely N-dealkylation sites (tertiary alicyclic amines) is 1. The molecule has 4 heterocycles. The topological polar surface area (TPSA) is 211 Å². The zero-order valence-corrected chi connectivity index (χ0v) is 25.5. The smallest absolute Gasteiger partial charge is 0.404 e. The van der Waals surface area contributed by atoms with Crippen LogP contribution >= 0.6 is 11.3 Å². The van der Waals surface area contributed by atoms with E-state index in [0.29, 0.717) is 43.3 Å². The number of aryl methyl sites for hydroxylation is 1. The van der Waals surface area contributed by atoms with Gasteiger partial charge in [-0.1, -0.05) is 24.6 Å². The Kier molecular flexibility index (Phi) is 11.2. The number of nitrogens with zero attached hydrogens (tertiary/aromatic N) is 5. The van der Waals surface area contributed by atoms with Gasteiger partial charge in [0.1, 0.15) is 16.3 Å². The third-order valence-electron chi connectivity index (χ3n) is 6.75. The number of amides is 2. The Balaban J connectivity index is 0.000000357. The van der Waals surface area contributed by atoms with Gasteiger partial charge in [-0.2, -0.15) is 13.5 Å². The van der Waals surface area contributed by atoms with Gasteiger partial charge in [0.05, 0.1) is 16.7 Å². The molecular formula is C27H35N7O7S2. The zero-order valence-electron chi connectivity index (χ0n) is 23.9. The first-order valence-electron chi connectivity index (χ1n) is 13.3. The first-order valence-corrected chi connectivity index (χ1v) is 15.7. The van der Waals surface area contributed by atoms with Crippen molar-refractivity contribution in [2.45, 2.75) is 57.0 Å². The van der Waals surface area contributed by atoms with E-state index in [2.05, 4.69) is 39.5 Å². The lowest BCUT2D eigenvalue weighted by molar-refractivity contribution is 0.0700. The molecule has 1 aliphatic rings. The Morgan fingerprint density at radius 3 is 2.44 bits per heavy atom. The molecule has 4 aromatic rings. The maximum atomic E-state index is 13.2. The fraction of sp³-hybridized carbons (Fsp3) is 0.370. The summed E-state index contributed by atoms with van der Waals surface area (Å²) in [5, 5.41) is 21.0. The Morgan fingerprint density at radius 2 is 1.84 bits per heavy atom. The van der Waals surface area contributed by atoms with Crippen molar-refractivity contribution in [2.75, 3.05) is 18.4 Å². The molecule has 0 spiro atoms. The van der Waals surface area contributed by atoms with Crippen LogP contribution in [0.3, 0.4) is 0 Å². The predicted molar refractivity (Wildman–Crippen MR) is 162 cm³/mol. The molecule has 1 aromatic carbocycles. The summed E-state index contributed by atoms with van der Waals surface area (Å²) in [7, 11) is -4.02. The minimum Gasteiger partial charge on any atom is -0.465 e. The second kappa shape index (κ2) is 14.4. The first kappa shape index (κ1) is 33.4. The quantitative estimate of drug-likeness (QED) is 0.218. The van der Waals surface area contributed by atoms with E-state index in [0.717, 1.165) is 22.4 Å². The summed E-state index contributed by atoms with van der Waals surface area (Å²) in [6, 6.07) is 7.73. The molecule has 14 nitrogen and oxygen atoms in total. The molecule has 1 saturated heterocycles. The van der Waals surface area contributed by atoms with Gasteiger partial charge in [-0.25, -0.2) is 19.3 Å². The molecular weight excluding hydrogens is 598 g/mol. The van der Waals surface area contributed by atoms with E-state index in [1.54, 1.807) is 33.8 Å². The molecule has 2 amide bonds. The molecule has 16 heteroatoms. The van der Waals surface area contributed by atoms with E-state index in [4.69, 9.17) is 9.66 Å². The summed E-state index contributed by atoms with van der Waals surface area (Å²) in [4.78, 5) is 35.9. The predicted octanol–water partition coefficient (Wildman–Crippen LogP) is 3.35. The van der Waals surface area contributed by atoms with Gasteiger partial charge in [-0.15, -0.1) is 11.3 Å². The second-order valence-corrected chi connectivity index (χ2v) is 12.2. The van der Waals surface area contributed by atoms with Crippen LogP contribution in [0, 0.1) is 6.92 Å². The summed E-state index contributed by atoms with van der Waals surface area (Å²) in [6.45, 7) is 6.92. The highest BCUT2D eigenvalue weighted by atomic mass is 32.2. The SMILES string of the molecule is CC[C@@H](C)Nc1cc(C(=O)N2CCC(NC(=O)O)CC2)nc(-c2cnn3ccsc23)n1.Cc1ccc(S(=O)(=O)O)cc1.O. The lowest BCUT2D eigenvalue weighted by Crippen LogP contribution is -2.46. The van der Waals surface area contributed by atoms with Crippen molar-refractivity contribution in [1.29, 1.82) is 0 Å². The van der Waals surface area contributed by atoms with Crippen LogP contribution in [-0.2, 0) is 10.1 Å². The monoisotopic (exact) mass is 633 g/mol. The van der Waals surface area contributed by atoms with Crippen LogP contribution < -0.4 is 10.6 Å². The van der Waals surface area contributed by atoms with Gasteiger partial charge in [0.25, 0.3) is 16.0 Å². The molecule has 0 aliphatic carbocycles. The van der Waals surface area contributed by atoms with Gasteiger partial charge in [0.2, 0.25) is 0 Å². The Labute approximate surface area is 252 Å². The molecule has 1 atom stereocenters. The Bertz CT molecular complexity index is 1650. The Morgan fingerprint density at radius 1 is 1.16 bits per heavy atom. The van der Waals surface area contributed by atoms with Crippen molar-refractivity contribution >= 4 is 44.1 Å². The maximum Gasteiger partial charge on any atom is 0.404 e. The van der Waals surface area contributed by atoms with Gasteiger partial charge < -0.3 is 26.1 Å². The van der Waals surface area contributed by atoms with Gasteiger partial charge >= 0.3 is 6.09 Å². The van der Waals surface area contributed by atoms with E-state index in [-0.39, 0.29) is 28.4 Å². The van der Waals surface area contributed by atoms with Crippen molar-refractivity contribution in [1.82, 2.24) is 29.8 Å². The van der Waals surface area contributed by atoms with Gasteiger partial charge in [0.15, 0.2) is 5.82 Å². The number of fused-ring (bicyclic) bond motifs is 1. The number of aromatic nitrogens is 4. The molecule has 43 heavy (non-hydrogen) atoms. The van der Waals surface area contributed by atoms with Crippen LogP contribution in [0.1, 0.15) is 49.2 Å². The Hall–Kier alpha value is -4.12. The summed E-state index contributed by atoms with van der Waals surface area (Å²) >= 11 is 1.54. The van der Waals surface area contributed by atoms with Crippen molar-refractivity contribution in [2.24, 2.45) is 0 Å². The minimum absolute atomic E-state index is 0. The zero-order chi connectivity index (χ0) is 30.4. The van der Waals surface area contributed by atoms with Crippen molar-refractivity contribution < 1.29 is 33.1 Å². The molecule has 5 rings (SSSR count). The second-order valence-electron chi connectivity index (χ2n) is 9.93. The van der Waals surface area contributed by atoms with Crippen molar-refractivity contribution in [3.63, 3.8) is 0 Å². The van der Waals surface area contributed by atoms with Crippen LogP contribution in [-0.4, -0.2) is 85.2 Å². The molecule has 0 bridgehead atoms. The normalized spacial score (nSPS) is 14.3. The third-order valence-corrected chi connectivity index (χ3v) is 8.51. The van der Waals surface area contributed by atoms with Gasteiger partial charge in [-0.05, 0) is 45.2 Å². The number of hydrogen-bond acceptors (Lipinski definition) is 9. The molecule has 1 fully saturated rings. The molecule has 0 saturated carbocycles. The number of thiazole rings is 1. The van der Waals surface area contributed by atoms with E-state index >= 15 is 0 Å². The third kappa shape index (κ3) is 8.70.